The predicted octanol–water partition coefficient (Wildman–Crippen LogP) is 0.486. The maximum absolute atomic E-state index is 9.35. The molecule has 0 radical (unpaired) electrons. The zero-order chi connectivity index (χ0) is 9.84. The van der Waals surface area contributed by atoms with Crippen molar-refractivity contribution in [3.05, 3.63) is 0 Å². The third kappa shape index (κ3) is 3.25. The van der Waals surface area contributed by atoms with E-state index in [4.69, 9.17) is 0 Å². The van der Waals surface area contributed by atoms with Gasteiger partial charge in [-0.05, 0) is 40.2 Å². The Morgan fingerprint density at radius 2 is 2.15 bits per heavy atom. The molecule has 3 heteroatoms. The van der Waals surface area contributed by atoms with Gasteiger partial charge in [-0.1, -0.05) is 0 Å². The van der Waals surface area contributed by atoms with E-state index in [0.717, 1.165) is 6.54 Å². The Morgan fingerprint density at radius 3 is 2.69 bits per heavy atom. The van der Waals surface area contributed by atoms with Gasteiger partial charge in [-0.2, -0.15) is 0 Å². The first-order valence-corrected chi connectivity index (χ1v) is 5.28. The van der Waals surface area contributed by atoms with Crippen LogP contribution in [0.3, 0.4) is 0 Å². The average Bonchev–Trinajstić information content (AvgIpc) is 2.08. The summed E-state index contributed by atoms with van der Waals surface area (Å²) in [4.78, 5) is 0. The Labute approximate surface area is 80.9 Å². The van der Waals surface area contributed by atoms with Gasteiger partial charge in [0.2, 0.25) is 0 Å². The molecule has 1 saturated heterocycles. The molecule has 1 rings (SSSR count). The van der Waals surface area contributed by atoms with Gasteiger partial charge in [0.15, 0.2) is 0 Å². The van der Waals surface area contributed by atoms with E-state index in [0.29, 0.717) is 12.1 Å². The van der Waals surface area contributed by atoms with Gasteiger partial charge in [-0.3, -0.25) is 0 Å². The van der Waals surface area contributed by atoms with Crippen molar-refractivity contribution in [3.63, 3.8) is 0 Å². The van der Waals surface area contributed by atoms with Crippen molar-refractivity contribution in [2.75, 3.05) is 6.54 Å². The fourth-order valence-electron chi connectivity index (χ4n) is 1.75. The van der Waals surface area contributed by atoms with Gasteiger partial charge in [0.25, 0.3) is 0 Å². The predicted molar refractivity (Wildman–Crippen MR) is 54.8 cm³/mol. The second kappa shape index (κ2) is 4.94. The van der Waals surface area contributed by atoms with Crippen LogP contribution in [0.1, 0.15) is 33.6 Å². The van der Waals surface area contributed by atoms with Crippen molar-refractivity contribution in [3.8, 4) is 0 Å². The molecular formula is C10H22N2O. The highest BCUT2D eigenvalue weighted by atomic mass is 16.3. The van der Waals surface area contributed by atoms with Gasteiger partial charge in [0, 0.05) is 18.1 Å². The Kier molecular flexibility index (Phi) is 4.16. The molecule has 0 bridgehead atoms. The van der Waals surface area contributed by atoms with Gasteiger partial charge in [-0.15, -0.1) is 0 Å². The Balaban J connectivity index is 2.33. The number of hydrogen-bond acceptors (Lipinski definition) is 3. The summed E-state index contributed by atoms with van der Waals surface area (Å²) >= 11 is 0. The quantitative estimate of drug-likeness (QED) is 0.601. The van der Waals surface area contributed by atoms with Gasteiger partial charge >= 0.3 is 0 Å². The fraction of sp³-hybridized carbons (Fsp3) is 1.00. The van der Waals surface area contributed by atoms with Crippen molar-refractivity contribution in [2.45, 2.75) is 57.8 Å². The lowest BCUT2D eigenvalue weighted by atomic mass is 9.98. The number of piperidine rings is 1. The van der Waals surface area contributed by atoms with Crippen molar-refractivity contribution in [2.24, 2.45) is 0 Å². The molecule has 0 aromatic carbocycles. The van der Waals surface area contributed by atoms with E-state index >= 15 is 0 Å². The molecule has 13 heavy (non-hydrogen) atoms. The van der Waals surface area contributed by atoms with Crippen LogP contribution in [0.5, 0.6) is 0 Å². The highest BCUT2D eigenvalue weighted by Crippen LogP contribution is 2.09. The molecule has 0 aromatic rings. The maximum Gasteiger partial charge on any atom is 0.0662 e. The minimum Gasteiger partial charge on any atom is -0.392 e. The molecular weight excluding hydrogens is 164 g/mol. The van der Waals surface area contributed by atoms with Crippen LogP contribution in [0.2, 0.25) is 0 Å². The molecule has 4 unspecified atom stereocenters. The summed E-state index contributed by atoms with van der Waals surface area (Å²) in [5.41, 5.74) is 0. The van der Waals surface area contributed by atoms with Crippen molar-refractivity contribution in [1.82, 2.24) is 10.6 Å². The fourth-order valence-corrected chi connectivity index (χ4v) is 1.75. The van der Waals surface area contributed by atoms with E-state index in [1.165, 1.54) is 12.8 Å². The smallest absolute Gasteiger partial charge is 0.0662 e. The zero-order valence-corrected chi connectivity index (χ0v) is 8.88. The van der Waals surface area contributed by atoms with Crippen LogP contribution < -0.4 is 10.6 Å². The number of aliphatic hydroxyl groups is 1. The van der Waals surface area contributed by atoms with Crippen LogP contribution in [-0.2, 0) is 0 Å². The van der Waals surface area contributed by atoms with E-state index in [-0.39, 0.29) is 12.1 Å². The summed E-state index contributed by atoms with van der Waals surface area (Å²) in [6.45, 7) is 7.19. The lowest BCUT2D eigenvalue weighted by molar-refractivity contribution is 0.136. The molecule has 1 aliphatic rings. The molecule has 0 aromatic heterocycles. The first-order valence-electron chi connectivity index (χ1n) is 5.28. The highest BCUT2D eigenvalue weighted by Gasteiger charge is 2.22. The summed E-state index contributed by atoms with van der Waals surface area (Å²) in [5.74, 6) is 0. The van der Waals surface area contributed by atoms with Gasteiger partial charge in [0.05, 0.1) is 6.10 Å². The SMILES string of the molecule is CC(O)C(C)NC1CCCNC1C. The summed E-state index contributed by atoms with van der Waals surface area (Å²) in [5, 5.41) is 16.2. The second-order valence-electron chi connectivity index (χ2n) is 4.19. The number of nitrogens with one attached hydrogen (secondary N) is 2. The molecule has 0 aliphatic carbocycles. The van der Waals surface area contributed by atoms with Crippen molar-refractivity contribution >= 4 is 0 Å². The topological polar surface area (TPSA) is 44.3 Å². The van der Waals surface area contributed by atoms with Gasteiger partial charge < -0.3 is 15.7 Å². The Hall–Kier alpha value is -0.120. The molecule has 3 nitrogen and oxygen atoms in total. The normalized spacial score (nSPS) is 34.2. The maximum atomic E-state index is 9.35. The molecule has 0 amide bonds. The lowest BCUT2D eigenvalue weighted by Crippen LogP contribution is -2.54. The summed E-state index contributed by atoms with van der Waals surface area (Å²) in [7, 11) is 0. The Morgan fingerprint density at radius 1 is 1.46 bits per heavy atom. The first-order chi connectivity index (χ1) is 6.11. The molecule has 1 aliphatic heterocycles. The number of rotatable bonds is 3. The second-order valence-corrected chi connectivity index (χ2v) is 4.19. The standard InChI is InChI=1S/C10H22N2O/c1-7(9(3)13)12-10-5-4-6-11-8(10)2/h7-13H,4-6H2,1-3H3. The summed E-state index contributed by atoms with van der Waals surface area (Å²) in [6, 6.07) is 1.22. The molecule has 1 heterocycles. The van der Waals surface area contributed by atoms with Crippen LogP contribution in [0, 0.1) is 0 Å². The molecule has 3 N–H and O–H groups in total. The highest BCUT2D eigenvalue weighted by molar-refractivity contribution is 4.85. The molecule has 0 spiro atoms. The monoisotopic (exact) mass is 186 g/mol. The summed E-state index contributed by atoms with van der Waals surface area (Å²) < 4.78 is 0. The van der Waals surface area contributed by atoms with Crippen LogP contribution in [-0.4, -0.2) is 35.9 Å². The molecule has 4 atom stereocenters. The third-order valence-corrected chi connectivity index (χ3v) is 2.96. The first kappa shape index (κ1) is 11.0. The molecule has 1 fully saturated rings. The van der Waals surface area contributed by atoms with Crippen molar-refractivity contribution < 1.29 is 5.11 Å². The third-order valence-electron chi connectivity index (χ3n) is 2.96. The zero-order valence-electron chi connectivity index (χ0n) is 8.88. The lowest BCUT2D eigenvalue weighted by Gasteiger charge is -2.33. The van der Waals surface area contributed by atoms with E-state index in [1.807, 2.05) is 13.8 Å². The Bertz CT molecular complexity index is 150. The molecule has 0 saturated carbocycles. The van der Waals surface area contributed by atoms with E-state index < -0.39 is 0 Å². The van der Waals surface area contributed by atoms with Crippen LogP contribution >= 0.6 is 0 Å². The van der Waals surface area contributed by atoms with Crippen LogP contribution in [0.25, 0.3) is 0 Å². The van der Waals surface area contributed by atoms with Crippen molar-refractivity contribution in [1.29, 1.82) is 0 Å². The van der Waals surface area contributed by atoms with E-state index in [1.54, 1.807) is 0 Å². The van der Waals surface area contributed by atoms with E-state index in [9.17, 15) is 5.11 Å². The van der Waals surface area contributed by atoms with E-state index in [2.05, 4.69) is 17.6 Å². The average molecular weight is 186 g/mol. The van der Waals surface area contributed by atoms with Gasteiger partial charge in [-0.25, -0.2) is 0 Å². The minimum atomic E-state index is -0.269. The number of hydrogen-bond donors (Lipinski definition) is 3. The number of aliphatic hydroxyl groups excluding tert-OH is 1. The largest absolute Gasteiger partial charge is 0.392 e. The van der Waals surface area contributed by atoms with Gasteiger partial charge in [0.1, 0.15) is 0 Å². The molecule has 78 valence electrons. The van der Waals surface area contributed by atoms with Crippen LogP contribution in [0.15, 0.2) is 0 Å². The summed E-state index contributed by atoms with van der Waals surface area (Å²) in [6.07, 6.45) is 2.17. The van der Waals surface area contributed by atoms with Crippen LogP contribution in [0.4, 0.5) is 0 Å². The minimum absolute atomic E-state index is 0.187.